The third-order valence-corrected chi connectivity index (χ3v) is 4.58. The second-order valence-electron chi connectivity index (χ2n) is 6.00. The first-order valence-electron chi connectivity index (χ1n) is 7.65. The van der Waals surface area contributed by atoms with E-state index in [4.69, 9.17) is 9.98 Å². The molecule has 1 aromatic carbocycles. The average molecular weight is 280 g/mol. The summed E-state index contributed by atoms with van der Waals surface area (Å²) >= 11 is 0. The van der Waals surface area contributed by atoms with Crippen LogP contribution in [0, 0.1) is 0 Å². The lowest BCUT2D eigenvalue weighted by molar-refractivity contribution is 0.550. The third-order valence-electron chi connectivity index (χ3n) is 4.58. The van der Waals surface area contributed by atoms with E-state index in [2.05, 4.69) is 48.2 Å². The zero-order valence-corrected chi connectivity index (χ0v) is 12.6. The van der Waals surface area contributed by atoms with Crippen LogP contribution in [0.15, 0.2) is 29.3 Å². The van der Waals surface area contributed by atoms with Gasteiger partial charge in [0.2, 0.25) is 0 Å². The Kier molecular flexibility index (Phi) is 2.84. The van der Waals surface area contributed by atoms with Crippen LogP contribution in [-0.2, 0) is 6.42 Å². The highest BCUT2D eigenvalue weighted by Gasteiger charge is 2.24. The minimum atomic E-state index is 1.03. The van der Waals surface area contributed by atoms with Gasteiger partial charge in [-0.15, -0.1) is 0 Å². The molecule has 1 aromatic heterocycles. The van der Waals surface area contributed by atoms with E-state index in [-0.39, 0.29) is 0 Å². The Hall–Kier alpha value is -2.10. The Balaban J connectivity index is 1.98. The van der Waals surface area contributed by atoms with Gasteiger partial charge in [-0.25, -0.2) is 9.98 Å². The highest BCUT2D eigenvalue weighted by Crippen LogP contribution is 2.39. The fourth-order valence-corrected chi connectivity index (χ4v) is 3.35. The number of para-hydroxylation sites is 1. The van der Waals surface area contributed by atoms with Gasteiger partial charge < -0.3 is 9.80 Å². The molecule has 2 aromatic rings. The number of hydrogen-bond donors (Lipinski definition) is 0. The number of likely N-dealkylation sites (N-methyl/N-ethyl adjacent to an activating group) is 1. The number of anilines is 1. The summed E-state index contributed by atoms with van der Waals surface area (Å²) in [6, 6.07) is 8.37. The van der Waals surface area contributed by atoms with Crippen LogP contribution in [-0.4, -0.2) is 42.9 Å². The number of pyridine rings is 1. The fourth-order valence-electron chi connectivity index (χ4n) is 3.35. The van der Waals surface area contributed by atoms with E-state index < -0.39 is 0 Å². The highest BCUT2D eigenvalue weighted by molar-refractivity contribution is 5.98. The first-order valence-corrected chi connectivity index (χ1v) is 7.65. The summed E-state index contributed by atoms with van der Waals surface area (Å²) in [6.07, 6.45) is 3.33. The molecule has 4 heteroatoms. The van der Waals surface area contributed by atoms with Crippen molar-refractivity contribution in [3.05, 3.63) is 29.8 Å². The van der Waals surface area contributed by atoms with Crippen molar-refractivity contribution in [1.82, 2.24) is 9.88 Å². The first kappa shape index (κ1) is 12.6. The van der Waals surface area contributed by atoms with Crippen molar-refractivity contribution in [2.45, 2.75) is 19.3 Å². The van der Waals surface area contributed by atoms with E-state index in [0.29, 0.717) is 0 Å². The topological polar surface area (TPSA) is 31.7 Å². The zero-order chi connectivity index (χ0) is 14.4. The van der Waals surface area contributed by atoms with Crippen molar-refractivity contribution in [2.24, 2.45) is 4.99 Å². The van der Waals surface area contributed by atoms with E-state index in [9.17, 15) is 0 Å². The largest absolute Gasteiger partial charge is 0.363 e. The van der Waals surface area contributed by atoms with Crippen LogP contribution >= 0.6 is 0 Å². The fraction of sp³-hybridized carbons (Fsp3) is 0.412. The maximum atomic E-state index is 5.05. The molecule has 2 aliphatic rings. The second kappa shape index (κ2) is 4.72. The Bertz CT molecular complexity index is 735. The number of nitrogens with zero attached hydrogens (tertiary/aromatic N) is 4. The number of benzene rings is 1. The summed E-state index contributed by atoms with van der Waals surface area (Å²) in [7, 11) is 4.26. The molecule has 0 bridgehead atoms. The molecule has 0 radical (unpaired) electrons. The van der Waals surface area contributed by atoms with Crippen LogP contribution in [0.5, 0.6) is 0 Å². The molecular weight excluding hydrogens is 260 g/mol. The minimum Gasteiger partial charge on any atom is -0.363 e. The summed E-state index contributed by atoms with van der Waals surface area (Å²) in [5.41, 5.74) is 3.50. The minimum absolute atomic E-state index is 1.03. The average Bonchev–Trinajstić information content (AvgIpc) is 3.06. The van der Waals surface area contributed by atoms with E-state index >= 15 is 0 Å². The van der Waals surface area contributed by atoms with Gasteiger partial charge in [0.15, 0.2) is 0 Å². The van der Waals surface area contributed by atoms with Crippen molar-refractivity contribution in [1.29, 1.82) is 0 Å². The molecule has 4 rings (SSSR count). The molecule has 0 spiro atoms. The normalized spacial score (nSPS) is 19.8. The quantitative estimate of drug-likeness (QED) is 0.805. The molecular formula is C17H20N4. The Morgan fingerprint density at radius 2 is 1.90 bits per heavy atom. The number of hydrogen-bond acceptors (Lipinski definition) is 3. The van der Waals surface area contributed by atoms with Crippen LogP contribution in [0.25, 0.3) is 10.9 Å². The Morgan fingerprint density at radius 3 is 2.71 bits per heavy atom. The van der Waals surface area contributed by atoms with Gasteiger partial charge in [-0.1, -0.05) is 18.2 Å². The van der Waals surface area contributed by atoms with E-state index in [1.807, 2.05) is 0 Å². The van der Waals surface area contributed by atoms with Gasteiger partial charge in [-0.05, 0) is 18.9 Å². The summed E-state index contributed by atoms with van der Waals surface area (Å²) in [5, 5.41) is 1.18. The molecule has 1 fully saturated rings. The Labute approximate surface area is 125 Å². The van der Waals surface area contributed by atoms with Crippen LogP contribution < -0.4 is 4.90 Å². The molecule has 4 nitrogen and oxygen atoms in total. The predicted octanol–water partition coefficient (Wildman–Crippen LogP) is 2.98. The van der Waals surface area contributed by atoms with Gasteiger partial charge in [-0.3, -0.25) is 0 Å². The van der Waals surface area contributed by atoms with Crippen molar-refractivity contribution in [3.63, 3.8) is 0 Å². The number of likely N-dealkylation sites (tertiary alicyclic amines) is 1. The molecule has 3 heterocycles. The first-order chi connectivity index (χ1) is 10.2. The molecule has 2 aliphatic heterocycles. The number of amidine groups is 1. The third kappa shape index (κ3) is 1.97. The Morgan fingerprint density at radius 1 is 1.05 bits per heavy atom. The number of aromatic nitrogens is 1. The van der Waals surface area contributed by atoms with E-state index in [0.717, 1.165) is 43.0 Å². The van der Waals surface area contributed by atoms with Crippen LogP contribution in [0.1, 0.15) is 18.4 Å². The molecule has 1 saturated heterocycles. The van der Waals surface area contributed by atoms with Gasteiger partial charge in [0, 0.05) is 44.6 Å². The van der Waals surface area contributed by atoms with Crippen LogP contribution in [0.2, 0.25) is 0 Å². The number of aliphatic imine (C=N–C) groups is 1. The summed E-state index contributed by atoms with van der Waals surface area (Å²) in [6.45, 7) is 2.15. The molecule has 0 N–H and O–H groups in total. The molecule has 21 heavy (non-hydrogen) atoms. The maximum absolute atomic E-state index is 5.05. The van der Waals surface area contributed by atoms with Crippen molar-refractivity contribution in [3.8, 4) is 0 Å². The van der Waals surface area contributed by atoms with Gasteiger partial charge in [0.05, 0.1) is 11.2 Å². The lowest BCUT2D eigenvalue weighted by Gasteiger charge is -2.15. The highest BCUT2D eigenvalue weighted by atomic mass is 15.2. The van der Waals surface area contributed by atoms with Gasteiger partial charge in [0.25, 0.3) is 0 Å². The summed E-state index contributed by atoms with van der Waals surface area (Å²) < 4.78 is 0. The molecule has 0 saturated carbocycles. The predicted molar refractivity (Wildman–Crippen MR) is 87.7 cm³/mol. The van der Waals surface area contributed by atoms with Crippen LogP contribution in [0.3, 0.4) is 0 Å². The standard InChI is InChI=1S/C17H20N4/c1-20-10-5-8-15(20)19-16-12-6-3-4-7-14(12)18-17-13(16)9-11-21(17)2/h3-4,6-7H,5,8-11H2,1-2H3. The van der Waals surface area contributed by atoms with Gasteiger partial charge >= 0.3 is 0 Å². The summed E-state index contributed by atoms with van der Waals surface area (Å²) in [5.74, 6) is 2.32. The maximum Gasteiger partial charge on any atom is 0.134 e. The number of rotatable bonds is 1. The number of fused-ring (bicyclic) bond motifs is 2. The lowest BCUT2D eigenvalue weighted by atomic mass is 10.1. The van der Waals surface area contributed by atoms with E-state index in [1.165, 1.54) is 23.2 Å². The molecule has 0 amide bonds. The molecule has 108 valence electrons. The van der Waals surface area contributed by atoms with Crippen LogP contribution in [0.4, 0.5) is 11.5 Å². The van der Waals surface area contributed by atoms with Crippen molar-refractivity contribution >= 4 is 28.2 Å². The molecule has 0 aliphatic carbocycles. The second-order valence-corrected chi connectivity index (χ2v) is 6.00. The van der Waals surface area contributed by atoms with Crippen molar-refractivity contribution in [2.75, 3.05) is 32.1 Å². The smallest absolute Gasteiger partial charge is 0.134 e. The monoisotopic (exact) mass is 280 g/mol. The van der Waals surface area contributed by atoms with E-state index in [1.54, 1.807) is 0 Å². The summed E-state index contributed by atoms with van der Waals surface area (Å²) in [4.78, 5) is 14.4. The molecule has 0 unspecified atom stereocenters. The SMILES string of the molecule is CN1CCCC1=Nc1c2c(nc3ccccc13)N(C)CC2. The van der Waals surface area contributed by atoms with Gasteiger partial charge in [0.1, 0.15) is 11.7 Å². The molecule has 0 atom stereocenters. The van der Waals surface area contributed by atoms with Gasteiger partial charge in [-0.2, -0.15) is 0 Å². The van der Waals surface area contributed by atoms with Crippen molar-refractivity contribution < 1.29 is 0 Å². The lowest BCUT2D eigenvalue weighted by Crippen LogP contribution is -2.18. The zero-order valence-electron chi connectivity index (χ0n) is 12.6.